The van der Waals surface area contributed by atoms with E-state index in [1.165, 1.54) is 32.1 Å². The van der Waals surface area contributed by atoms with E-state index in [1.54, 1.807) is 0 Å². The molecule has 0 fully saturated rings. The molecule has 0 aliphatic carbocycles. The first kappa shape index (κ1) is 24.9. The van der Waals surface area contributed by atoms with Gasteiger partial charge in [-0.1, -0.05) is 58.8 Å². The maximum absolute atomic E-state index is 11.9. The van der Waals surface area contributed by atoms with E-state index < -0.39 is 18.1 Å². The van der Waals surface area contributed by atoms with E-state index in [1.807, 2.05) is 6.92 Å². The Balaban J connectivity index is 3.85. The molecule has 0 aliphatic heterocycles. The number of carbonyl (C=O) groups excluding carboxylic acids is 2. The molecule has 2 atom stereocenters. The fourth-order valence-corrected chi connectivity index (χ4v) is 2.62. The second kappa shape index (κ2) is 17.3. The van der Waals surface area contributed by atoms with Crippen LogP contribution in [0.1, 0.15) is 90.9 Å². The SMILES string of the molecule is CCCCCCCCCC(=O)OC(CC)COC(=O)C(N)CCCCN. The van der Waals surface area contributed by atoms with Crippen molar-refractivity contribution in [2.45, 2.75) is 103 Å². The molecular formula is C20H40N2O4. The maximum atomic E-state index is 11.9. The summed E-state index contributed by atoms with van der Waals surface area (Å²) in [6.45, 7) is 4.77. The van der Waals surface area contributed by atoms with Gasteiger partial charge >= 0.3 is 11.9 Å². The molecule has 0 bridgehead atoms. The molecular weight excluding hydrogens is 332 g/mol. The van der Waals surface area contributed by atoms with Gasteiger partial charge in [-0.25, -0.2) is 0 Å². The minimum absolute atomic E-state index is 0.0721. The van der Waals surface area contributed by atoms with Crippen LogP contribution in [0.5, 0.6) is 0 Å². The van der Waals surface area contributed by atoms with Crippen LogP contribution in [-0.4, -0.2) is 37.2 Å². The van der Waals surface area contributed by atoms with Crippen LogP contribution in [-0.2, 0) is 19.1 Å². The topological polar surface area (TPSA) is 105 Å². The monoisotopic (exact) mass is 372 g/mol. The quantitative estimate of drug-likeness (QED) is 0.299. The molecule has 6 nitrogen and oxygen atoms in total. The largest absolute Gasteiger partial charge is 0.461 e. The minimum atomic E-state index is -0.637. The Kier molecular flexibility index (Phi) is 16.5. The zero-order valence-electron chi connectivity index (χ0n) is 16.8. The van der Waals surface area contributed by atoms with Gasteiger partial charge in [-0.05, 0) is 32.2 Å². The molecule has 0 heterocycles. The average molecular weight is 373 g/mol. The fraction of sp³-hybridized carbons (Fsp3) is 0.900. The van der Waals surface area contributed by atoms with E-state index in [-0.39, 0.29) is 12.6 Å². The first-order valence-electron chi connectivity index (χ1n) is 10.4. The number of esters is 2. The Morgan fingerprint density at radius 3 is 2.19 bits per heavy atom. The molecule has 0 rings (SSSR count). The van der Waals surface area contributed by atoms with Crippen molar-refractivity contribution < 1.29 is 19.1 Å². The molecule has 0 spiro atoms. The molecule has 26 heavy (non-hydrogen) atoms. The van der Waals surface area contributed by atoms with E-state index in [2.05, 4.69) is 6.92 Å². The second-order valence-corrected chi connectivity index (χ2v) is 6.91. The number of carbonyl (C=O) groups is 2. The first-order valence-corrected chi connectivity index (χ1v) is 10.4. The Labute approximate surface area is 159 Å². The maximum Gasteiger partial charge on any atom is 0.323 e. The van der Waals surface area contributed by atoms with Gasteiger partial charge in [-0.2, -0.15) is 0 Å². The molecule has 0 amide bonds. The van der Waals surface area contributed by atoms with Crippen molar-refractivity contribution in [3.63, 3.8) is 0 Å². The van der Waals surface area contributed by atoms with Gasteiger partial charge in [0.05, 0.1) is 0 Å². The van der Waals surface area contributed by atoms with Gasteiger partial charge in [-0.3, -0.25) is 9.59 Å². The van der Waals surface area contributed by atoms with E-state index in [0.29, 0.717) is 25.8 Å². The van der Waals surface area contributed by atoms with Gasteiger partial charge < -0.3 is 20.9 Å². The van der Waals surface area contributed by atoms with Crippen LogP contribution in [0.2, 0.25) is 0 Å². The summed E-state index contributed by atoms with van der Waals surface area (Å²) >= 11 is 0. The molecule has 6 heteroatoms. The number of unbranched alkanes of at least 4 members (excludes halogenated alkanes) is 7. The summed E-state index contributed by atoms with van der Waals surface area (Å²) < 4.78 is 10.6. The van der Waals surface area contributed by atoms with Crippen LogP contribution in [0.3, 0.4) is 0 Å². The summed E-state index contributed by atoms with van der Waals surface area (Å²) in [5.41, 5.74) is 11.2. The smallest absolute Gasteiger partial charge is 0.323 e. The predicted molar refractivity (Wildman–Crippen MR) is 105 cm³/mol. The Morgan fingerprint density at radius 1 is 0.923 bits per heavy atom. The lowest BCUT2D eigenvalue weighted by atomic mass is 10.1. The highest BCUT2D eigenvalue weighted by Crippen LogP contribution is 2.10. The molecule has 2 unspecified atom stereocenters. The highest BCUT2D eigenvalue weighted by atomic mass is 16.6. The number of ether oxygens (including phenoxy) is 2. The summed E-state index contributed by atoms with van der Waals surface area (Å²) in [4.78, 5) is 23.7. The third-order valence-corrected chi connectivity index (χ3v) is 4.42. The third kappa shape index (κ3) is 14.1. The number of hydrogen-bond donors (Lipinski definition) is 2. The summed E-state index contributed by atoms with van der Waals surface area (Å²) in [5, 5.41) is 0. The average Bonchev–Trinajstić information content (AvgIpc) is 2.64. The Bertz CT molecular complexity index is 364. The van der Waals surface area contributed by atoms with E-state index in [9.17, 15) is 9.59 Å². The molecule has 0 aromatic rings. The van der Waals surface area contributed by atoms with Gasteiger partial charge in [0.2, 0.25) is 0 Å². The third-order valence-electron chi connectivity index (χ3n) is 4.42. The van der Waals surface area contributed by atoms with Gasteiger partial charge in [0.25, 0.3) is 0 Å². The molecule has 154 valence electrons. The van der Waals surface area contributed by atoms with Crippen LogP contribution >= 0.6 is 0 Å². The molecule has 4 N–H and O–H groups in total. The Hall–Kier alpha value is -1.14. The Morgan fingerprint density at radius 2 is 1.58 bits per heavy atom. The van der Waals surface area contributed by atoms with Crippen LogP contribution < -0.4 is 11.5 Å². The van der Waals surface area contributed by atoms with Crippen molar-refractivity contribution in [1.29, 1.82) is 0 Å². The first-order chi connectivity index (χ1) is 12.5. The highest BCUT2D eigenvalue weighted by molar-refractivity contribution is 5.75. The number of rotatable bonds is 17. The second-order valence-electron chi connectivity index (χ2n) is 6.91. The van der Waals surface area contributed by atoms with Gasteiger partial charge in [-0.15, -0.1) is 0 Å². The summed E-state index contributed by atoms with van der Waals surface area (Å²) in [7, 11) is 0. The molecule has 0 aromatic heterocycles. The lowest BCUT2D eigenvalue weighted by Gasteiger charge is -2.18. The van der Waals surface area contributed by atoms with E-state index in [0.717, 1.165) is 25.7 Å². The van der Waals surface area contributed by atoms with Crippen molar-refractivity contribution in [1.82, 2.24) is 0 Å². The lowest BCUT2D eigenvalue weighted by molar-refractivity contribution is -0.160. The molecule has 0 saturated heterocycles. The molecule has 0 aromatic carbocycles. The van der Waals surface area contributed by atoms with Crippen molar-refractivity contribution >= 4 is 11.9 Å². The van der Waals surface area contributed by atoms with Crippen molar-refractivity contribution in [2.24, 2.45) is 11.5 Å². The fourth-order valence-electron chi connectivity index (χ4n) is 2.62. The predicted octanol–water partition coefficient (Wildman–Crippen LogP) is 3.45. The normalized spacial score (nSPS) is 13.2. The molecule has 0 saturated carbocycles. The van der Waals surface area contributed by atoms with Gasteiger partial charge in [0, 0.05) is 6.42 Å². The lowest BCUT2D eigenvalue weighted by Crippen LogP contribution is -2.35. The van der Waals surface area contributed by atoms with Crippen molar-refractivity contribution in [3.05, 3.63) is 0 Å². The standard InChI is InChI=1S/C20H40N2O4/c1-3-5-6-7-8-9-10-14-19(23)26-17(4-2)16-25-20(24)18(22)13-11-12-15-21/h17-18H,3-16,21-22H2,1-2H3. The van der Waals surface area contributed by atoms with Crippen LogP contribution in [0, 0.1) is 0 Å². The van der Waals surface area contributed by atoms with Crippen molar-refractivity contribution in [3.8, 4) is 0 Å². The zero-order chi connectivity index (χ0) is 19.6. The van der Waals surface area contributed by atoms with Gasteiger partial charge in [0.15, 0.2) is 0 Å². The van der Waals surface area contributed by atoms with Crippen LogP contribution in [0.4, 0.5) is 0 Å². The summed E-state index contributed by atoms with van der Waals surface area (Å²) in [6.07, 6.45) is 11.0. The summed E-state index contributed by atoms with van der Waals surface area (Å²) in [6, 6.07) is -0.637. The molecule has 0 aliphatic rings. The van der Waals surface area contributed by atoms with Gasteiger partial charge in [0.1, 0.15) is 18.8 Å². The number of hydrogen-bond acceptors (Lipinski definition) is 6. The van der Waals surface area contributed by atoms with Crippen LogP contribution in [0.25, 0.3) is 0 Å². The van der Waals surface area contributed by atoms with Crippen LogP contribution in [0.15, 0.2) is 0 Å². The van der Waals surface area contributed by atoms with E-state index in [4.69, 9.17) is 20.9 Å². The van der Waals surface area contributed by atoms with E-state index >= 15 is 0 Å². The van der Waals surface area contributed by atoms with Crippen molar-refractivity contribution in [2.75, 3.05) is 13.2 Å². The molecule has 0 radical (unpaired) electrons. The minimum Gasteiger partial charge on any atom is -0.461 e. The highest BCUT2D eigenvalue weighted by Gasteiger charge is 2.19. The number of nitrogens with two attached hydrogens (primary N) is 2. The summed E-state index contributed by atoms with van der Waals surface area (Å²) in [5.74, 6) is -0.655. The zero-order valence-corrected chi connectivity index (χ0v) is 16.8.